The molecule has 0 saturated carbocycles. The van der Waals surface area contributed by atoms with E-state index < -0.39 is 0 Å². The molecular formula is C14H14ClN3O. The maximum Gasteiger partial charge on any atom is 0.319 e. The summed E-state index contributed by atoms with van der Waals surface area (Å²) in [6.07, 6.45) is 3.94. The first-order valence-electron chi connectivity index (χ1n) is 5.94. The fourth-order valence-electron chi connectivity index (χ4n) is 1.62. The number of halogens is 1. The van der Waals surface area contributed by atoms with E-state index in [0.29, 0.717) is 18.7 Å². The number of pyridine rings is 1. The second-order valence-electron chi connectivity index (χ2n) is 3.96. The van der Waals surface area contributed by atoms with Crippen molar-refractivity contribution in [3.8, 4) is 0 Å². The summed E-state index contributed by atoms with van der Waals surface area (Å²) in [6.45, 7) is 0.524. The number of hydrogen-bond acceptors (Lipinski definition) is 2. The highest BCUT2D eigenvalue weighted by Gasteiger charge is 2.02. The van der Waals surface area contributed by atoms with E-state index in [9.17, 15) is 4.79 Å². The van der Waals surface area contributed by atoms with Crippen LogP contribution < -0.4 is 10.6 Å². The number of amides is 2. The van der Waals surface area contributed by atoms with Gasteiger partial charge in [-0.05, 0) is 30.2 Å². The molecule has 0 unspecified atom stereocenters. The molecule has 0 spiro atoms. The van der Waals surface area contributed by atoms with E-state index in [4.69, 9.17) is 11.6 Å². The van der Waals surface area contributed by atoms with Gasteiger partial charge in [-0.1, -0.05) is 29.8 Å². The Labute approximate surface area is 116 Å². The van der Waals surface area contributed by atoms with E-state index >= 15 is 0 Å². The Morgan fingerprint density at radius 1 is 1.21 bits per heavy atom. The van der Waals surface area contributed by atoms with Crippen molar-refractivity contribution in [1.82, 2.24) is 10.3 Å². The van der Waals surface area contributed by atoms with Crippen LogP contribution in [-0.4, -0.2) is 17.6 Å². The van der Waals surface area contributed by atoms with Crippen LogP contribution >= 0.6 is 11.6 Å². The molecular weight excluding hydrogens is 262 g/mol. The minimum atomic E-state index is -0.250. The lowest BCUT2D eigenvalue weighted by atomic mass is 10.1. The summed E-state index contributed by atoms with van der Waals surface area (Å²) in [5, 5.41) is 6.19. The predicted octanol–water partition coefficient (Wildman–Crippen LogP) is 3.10. The smallest absolute Gasteiger partial charge is 0.319 e. The maximum atomic E-state index is 11.6. The molecule has 2 N–H and O–H groups in total. The minimum absolute atomic E-state index is 0.250. The van der Waals surface area contributed by atoms with Crippen molar-refractivity contribution in [3.63, 3.8) is 0 Å². The van der Waals surface area contributed by atoms with Crippen molar-refractivity contribution in [2.24, 2.45) is 0 Å². The summed E-state index contributed by atoms with van der Waals surface area (Å²) in [4.78, 5) is 15.5. The number of benzene rings is 1. The van der Waals surface area contributed by atoms with E-state index in [1.807, 2.05) is 24.3 Å². The van der Waals surface area contributed by atoms with Crippen LogP contribution in [0.1, 0.15) is 5.56 Å². The van der Waals surface area contributed by atoms with Gasteiger partial charge in [0.25, 0.3) is 0 Å². The minimum Gasteiger partial charge on any atom is -0.338 e. The topological polar surface area (TPSA) is 54.0 Å². The third kappa shape index (κ3) is 4.26. The first kappa shape index (κ1) is 13.4. The summed E-state index contributed by atoms with van der Waals surface area (Å²) in [5.41, 5.74) is 1.68. The Bertz CT molecular complexity index is 545. The summed E-state index contributed by atoms with van der Waals surface area (Å²) >= 11 is 6.03. The molecule has 0 saturated heterocycles. The average Bonchev–Trinajstić information content (AvgIpc) is 2.42. The van der Waals surface area contributed by atoms with Gasteiger partial charge in [-0.3, -0.25) is 4.98 Å². The zero-order valence-electron chi connectivity index (χ0n) is 10.3. The lowest BCUT2D eigenvalue weighted by Crippen LogP contribution is -2.30. The van der Waals surface area contributed by atoms with Crippen molar-refractivity contribution in [2.45, 2.75) is 6.42 Å². The largest absolute Gasteiger partial charge is 0.338 e. The fourth-order valence-corrected chi connectivity index (χ4v) is 1.85. The molecule has 1 aromatic heterocycles. The number of aromatic nitrogens is 1. The molecule has 0 aliphatic heterocycles. The number of hydrogen-bond donors (Lipinski definition) is 2. The lowest BCUT2D eigenvalue weighted by molar-refractivity contribution is 0.252. The Balaban J connectivity index is 1.77. The molecule has 5 heteroatoms. The molecule has 2 aromatic rings. The van der Waals surface area contributed by atoms with Gasteiger partial charge < -0.3 is 10.6 Å². The van der Waals surface area contributed by atoms with Crippen LogP contribution in [0.3, 0.4) is 0 Å². The molecule has 0 bridgehead atoms. The number of anilines is 1. The Morgan fingerprint density at radius 2 is 2.05 bits per heavy atom. The highest BCUT2D eigenvalue weighted by atomic mass is 35.5. The van der Waals surface area contributed by atoms with Crippen LogP contribution in [0.15, 0.2) is 48.8 Å². The molecule has 0 aliphatic carbocycles. The second kappa shape index (κ2) is 6.75. The number of nitrogens with zero attached hydrogens (tertiary/aromatic N) is 1. The van der Waals surface area contributed by atoms with Gasteiger partial charge in [0.1, 0.15) is 0 Å². The van der Waals surface area contributed by atoms with Crippen LogP contribution in [0.25, 0.3) is 0 Å². The third-order valence-electron chi connectivity index (χ3n) is 2.56. The quantitative estimate of drug-likeness (QED) is 0.901. The van der Waals surface area contributed by atoms with E-state index in [2.05, 4.69) is 15.6 Å². The van der Waals surface area contributed by atoms with Crippen molar-refractivity contribution in [1.29, 1.82) is 0 Å². The molecule has 98 valence electrons. The first-order valence-corrected chi connectivity index (χ1v) is 6.32. The Hall–Kier alpha value is -2.07. The fraction of sp³-hybridized carbons (Fsp3) is 0.143. The third-order valence-corrected chi connectivity index (χ3v) is 2.93. The predicted molar refractivity (Wildman–Crippen MR) is 76.4 cm³/mol. The van der Waals surface area contributed by atoms with Crippen LogP contribution in [0.4, 0.5) is 10.5 Å². The number of carbonyl (C=O) groups is 1. The van der Waals surface area contributed by atoms with E-state index in [1.165, 1.54) is 0 Å². The number of carbonyl (C=O) groups excluding carboxylic acids is 1. The van der Waals surface area contributed by atoms with Crippen molar-refractivity contribution >= 4 is 23.3 Å². The summed E-state index contributed by atoms with van der Waals surface area (Å²) in [6, 6.07) is 10.9. The van der Waals surface area contributed by atoms with E-state index in [0.717, 1.165) is 10.6 Å². The normalized spacial score (nSPS) is 9.95. The molecule has 19 heavy (non-hydrogen) atoms. The molecule has 0 fully saturated rings. The van der Waals surface area contributed by atoms with Gasteiger partial charge in [0.05, 0.1) is 11.9 Å². The van der Waals surface area contributed by atoms with Gasteiger partial charge in [0.15, 0.2) is 0 Å². The van der Waals surface area contributed by atoms with Crippen molar-refractivity contribution in [2.75, 3.05) is 11.9 Å². The van der Waals surface area contributed by atoms with Crippen LogP contribution in [-0.2, 0) is 6.42 Å². The molecule has 4 nitrogen and oxygen atoms in total. The zero-order chi connectivity index (χ0) is 13.5. The number of nitrogens with one attached hydrogen (secondary N) is 2. The van der Waals surface area contributed by atoms with Crippen LogP contribution in [0.5, 0.6) is 0 Å². The van der Waals surface area contributed by atoms with Crippen LogP contribution in [0.2, 0.25) is 5.02 Å². The average molecular weight is 276 g/mol. The van der Waals surface area contributed by atoms with E-state index in [-0.39, 0.29) is 6.03 Å². The lowest BCUT2D eigenvalue weighted by Gasteiger charge is -2.08. The molecule has 2 amide bonds. The molecule has 0 aliphatic rings. The summed E-state index contributed by atoms with van der Waals surface area (Å²) in [5.74, 6) is 0. The molecule has 0 atom stereocenters. The highest BCUT2D eigenvalue weighted by Crippen LogP contribution is 2.14. The molecule has 1 aromatic carbocycles. The van der Waals surface area contributed by atoms with Gasteiger partial charge >= 0.3 is 6.03 Å². The molecule has 2 rings (SSSR count). The molecule has 0 radical (unpaired) electrons. The first-order chi connectivity index (χ1) is 9.25. The van der Waals surface area contributed by atoms with Gasteiger partial charge in [0, 0.05) is 17.8 Å². The SMILES string of the molecule is O=C(NCCc1ccccc1Cl)Nc1cccnc1. The Kier molecular flexibility index (Phi) is 4.75. The standard InChI is InChI=1S/C14H14ClN3O/c15-13-6-2-1-4-11(13)7-9-17-14(19)18-12-5-3-8-16-10-12/h1-6,8,10H,7,9H2,(H2,17,18,19). The van der Waals surface area contributed by atoms with Crippen molar-refractivity contribution in [3.05, 3.63) is 59.4 Å². The van der Waals surface area contributed by atoms with Gasteiger partial charge in [-0.25, -0.2) is 4.79 Å². The maximum absolute atomic E-state index is 11.6. The van der Waals surface area contributed by atoms with E-state index in [1.54, 1.807) is 24.5 Å². The van der Waals surface area contributed by atoms with Gasteiger partial charge in [0.2, 0.25) is 0 Å². The zero-order valence-corrected chi connectivity index (χ0v) is 11.0. The van der Waals surface area contributed by atoms with Gasteiger partial charge in [-0.2, -0.15) is 0 Å². The summed E-state index contributed by atoms with van der Waals surface area (Å²) in [7, 11) is 0. The highest BCUT2D eigenvalue weighted by molar-refractivity contribution is 6.31. The Morgan fingerprint density at radius 3 is 2.79 bits per heavy atom. The second-order valence-corrected chi connectivity index (χ2v) is 4.37. The summed E-state index contributed by atoms with van der Waals surface area (Å²) < 4.78 is 0. The van der Waals surface area contributed by atoms with Gasteiger partial charge in [-0.15, -0.1) is 0 Å². The van der Waals surface area contributed by atoms with Crippen LogP contribution in [0, 0.1) is 0 Å². The number of urea groups is 1. The monoisotopic (exact) mass is 275 g/mol. The van der Waals surface area contributed by atoms with Crippen molar-refractivity contribution < 1.29 is 4.79 Å². The molecule has 1 heterocycles. The number of rotatable bonds is 4.